The molecule has 1 fully saturated rings. The van der Waals surface area contributed by atoms with Crippen LogP contribution in [0.3, 0.4) is 0 Å². The maximum Gasteiger partial charge on any atom is 0.162 e. The number of benzene rings is 1. The van der Waals surface area contributed by atoms with Gasteiger partial charge in [0.1, 0.15) is 0 Å². The second-order valence-electron chi connectivity index (χ2n) is 5.64. The molecule has 2 nitrogen and oxygen atoms in total. The highest BCUT2D eigenvalue weighted by atomic mass is 16.1. The largest absolute Gasteiger partial charge is 0.303 e. The van der Waals surface area contributed by atoms with Crippen LogP contribution in [0, 0.1) is 5.92 Å². The van der Waals surface area contributed by atoms with E-state index < -0.39 is 0 Å². The summed E-state index contributed by atoms with van der Waals surface area (Å²) in [5.74, 6) is 1.22. The normalized spacial score (nSPS) is 14.8. The first-order chi connectivity index (χ1) is 9.29. The van der Waals surface area contributed by atoms with Gasteiger partial charge in [-0.1, -0.05) is 37.3 Å². The maximum atomic E-state index is 12.0. The van der Waals surface area contributed by atoms with Gasteiger partial charge < -0.3 is 4.90 Å². The van der Waals surface area contributed by atoms with E-state index in [-0.39, 0.29) is 5.78 Å². The third kappa shape index (κ3) is 5.15. The highest BCUT2D eigenvalue weighted by Gasteiger charge is 2.23. The van der Waals surface area contributed by atoms with E-state index in [9.17, 15) is 4.79 Å². The van der Waals surface area contributed by atoms with Crippen LogP contribution < -0.4 is 0 Å². The molecule has 104 valence electrons. The number of hydrogen-bond acceptors (Lipinski definition) is 2. The Labute approximate surface area is 116 Å². The Balaban J connectivity index is 1.70. The number of rotatable bonds is 9. The van der Waals surface area contributed by atoms with Crippen molar-refractivity contribution in [3.63, 3.8) is 0 Å². The molecule has 1 aliphatic carbocycles. The average molecular weight is 259 g/mol. The molecule has 0 radical (unpaired) electrons. The van der Waals surface area contributed by atoms with Gasteiger partial charge in [-0.2, -0.15) is 0 Å². The van der Waals surface area contributed by atoms with Gasteiger partial charge in [-0.25, -0.2) is 0 Å². The third-order valence-corrected chi connectivity index (χ3v) is 3.73. The van der Waals surface area contributed by atoms with Crippen molar-refractivity contribution < 1.29 is 4.79 Å². The summed E-state index contributed by atoms with van der Waals surface area (Å²) in [7, 11) is 0. The van der Waals surface area contributed by atoms with Crippen LogP contribution in [-0.2, 0) is 0 Å². The van der Waals surface area contributed by atoms with Crippen molar-refractivity contribution in [2.75, 3.05) is 19.6 Å². The van der Waals surface area contributed by atoms with Crippen molar-refractivity contribution in [1.82, 2.24) is 4.90 Å². The van der Waals surface area contributed by atoms with Crippen molar-refractivity contribution >= 4 is 5.78 Å². The Morgan fingerprint density at radius 1 is 1.21 bits per heavy atom. The van der Waals surface area contributed by atoms with Gasteiger partial charge in [0.05, 0.1) is 0 Å². The van der Waals surface area contributed by atoms with Crippen LogP contribution in [0.5, 0.6) is 0 Å². The molecule has 19 heavy (non-hydrogen) atoms. The fraction of sp³-hybridized carbons (Fsp3) is 0.588. The molecule has 0 spiro atoms. The van der Waals surface area contributed by atoms with Crippen LogP contribution in [0.4, 0.5) is 0 Å². The molecule has 1 aliphatic rings. The fourth-order valence-corrected chi connectivity index (χ4v) is 2.51. The summed E-state index contributed by atoms with van der Waals surface area (Å²) in [6.07, 6.45) is 5.68. The van der Waals surface area contributed by atoms with Crippen molar-refractivity contribution in [1.29, 1.82) is 0 Å². The molecular weight excluding hydrogens is 234 g/mol. The van der Waals surface area contributed by atoms with Gasteiger partial charge in [0, 0.05) is 18.5 Å². The Hall–Kier alpha value is -1.15. The molecule has 0 unspecified atom stereocenters. The van der Waals surface area contributed by atoms with Gasteiger partial charge in [-0.3, -0.25) is 4.79 Å². The van der Waals surface area contributed by atoms with Crippen LogP contribution in [0.1, 0.15) is 49.4 Å². The molecule has 0 aliphatic heterocycles. The van der Waals surface area contributed by atoms with E-state index in [1.54, 1.807) is 0 Å². The molecule has 1 saturated carbocycles. The minimum Gasteiger partial charge on any atom is -0.303 e. The SMILES string of the molecule is CCCN(CCCC(=O)c1ccccc1)CC1CC1. The monoisotopic (exact) mass is 259 g/mol. The third-order valence-electron chi connectivity index (χ3n) is 3.73. The first-order valence-corrected chi connectivity index (χ1v) is 7.60. The summed E-state index contributed by atoms with van der Waals surface area (Å²) >= 11 is 0. The van der Waals surface area contributed by atoms with Gasteiger partial charge >= 0.3 is 0 Å². The summed E-state index contributed by atoms with van der Waals surface area (Å²) in [6, 6.07) is 9.65. The first-order valence-electron chi connectivity index (χ1n) is 7.60. The van der Waals surface area contributed by atoms with Crippen molar-refractivity contribution in [3.8, 4) is 0 Å². The van der Waals surface area contributed by atoms with Crippen LogP contribution in [0.25, 0.3) is 0 Å². The summed E-state index contributed by atoms with van der Waals surface area (Å²) in [4.78, 5) is 14.5. The van der Waals surface area contributed by atoms with Crippen LogP contribution in [0.2, 0.25) is 0 Å². The standard InChI is InChI=1S/C17H25NO/c1-2-12-18(14-15-10-11-15)13-6-9-17(19)16-7-4-3-5-8-16/h3-5,7-8,15H,2,6,9-14H2,1H3. The highest BCUT2D eigenvalue weighted by Crippen LogP contribution is 2.29. The number of nitrogens with zero attached hydrogens (tertiary/aromatic N) is 1. The Morgan fingerprint density at radius 3 is 2.58 bits per heavy atom. The van der Waals surface area contributed by atoms with E-state index in [0.29, 0.717) is 6.42 Å². The number of ketones is 1. The zero-order valence-corrected chi connectivity index (χ0v) is 12.0. The lowest BCUT2D eigenvalue weighted by molar-refractivity contribution is 0.0974. The van der Waals surface area contributed by atoms with E-state index in [0.717, 1.165) is 24.4 Å². The minimum atomic E-state index is 0.281. The second kappa shape index (κ2) is 7.44. The molecule has 0 amide bonds. The average Bonchev–Trinajstić information content (AvgIpc) is 3.24. The maximum absolute atomic E-state index is 12.0. The highest BCUT2D eigenvalue weighted by molar-refractivity contribution is 5.95. The van der Waals surface area contributed by atoms with E-state index >= 15 is 0 Å². The smallest absolute Gasteiger partial charge is 0.162 e. The van der Waals surface area contributed by atoms with Gasteiger partial charge in [0.25, 0.3) is 0 Å². The lowest BCUT2D eigenvalue weighted by Crippen LogP contribution is -2.28. The van der Waals surface area contributed by atoms with Gasteiger partial charge in [0.2, 0.25) is 0 Å². The van der Waals surface area contributed by atoms with Crippen LogP contribution in [0.15, 0.2) is 30.3 Å². The van der Waals surface area contributed by atoms with E-state index in [1.807, 2.05) is 30.3 Å². The zero-order chi connectivity index (χ0) is 13.5. The topological polar surface area (TPSA) is 20.3 Å². The fourth-order valence-electron chi connectivity index (χ4n) is 2.51. The van der Waals surface area contributed by atoms with Crippen molar-refractivity contribution in [2.24, 2.45) is 5.92 Å². The van der Waals surface area contributed by atoms with Crippen molar-refractivity contribution in [2.45, 2.75) is 39.0 Å². The zero-order valence-electron chi connectivity index (χ0n) is 12.0. The minimum absolute atomic E-state index is 0.281. The van der Waals surface area contributed by atoms with E-state index in [4.69, 9.17) is 0 Å². The molecule has 2 rings (SSSR count). The number of carbonyl (C=O) groups is 1. The Bertz CT molecular complexity index is 384. The predicted molar refractivity (Wildman–Crippen MR) is 79.5 cm³/mol. The molecule has 1 aromatic rings. The van der Waals surface area contributed by atoms with Crippen LogP contribution >= 0.6 is 0 Å². The second-order valence-corrected chi connectivity index (χ2v) is 5.64. The first kappa shape index (κ1) is 14.3. The lowest BCUT2D eigenvalue weighted by Gasteiger charge is -2.21. The summed E-state index contributed by atoms with van der Waals surface area (Å²) in [5.41, 5.74) is 0.853. The predicted octanol–water partition coefficient (Wildman–Crippen LogP) is 3.77. The van der Waals surface area contributed by atoms with Gasteiger partial charge in [0.15, 0.2) is 5.78 Å². The van der Waals surface area contributed by atoms with E-state index in [1.165, 1.54) is 32.4 Å². The van der Waals surface area contributed by atoms with Crippen molar-refractivity contribution in [3.05, 3.63) is 35.9 Å². The van der Waals surface area contributed by atoms with Gasteiger partial charge in [-0.15, -0.1) is 0 Å². The molecule has 0 N–H and O–H groups in total. The number of hydrogen-bond donors (Lipinski definition) is 0. The molecule has 0 bridgehead atoms. The summed E-state index contributed by atoms with van der Waals surface area (Å²) < 4.78 is 0. The molecule has 0 saturated heterocycles. The molecular formula is C17H25NO. The Morgan fingerprint density at radius 2 is 1.95 bits per heavy atom. The molecule has 0 aromatic heterocycles. The van der Waals surface area contributed by atoms with Gasteiger partial charge in [-0.05, 0) is 44.7 Å². The Kier molecular flexibility index (Phi) is 5.59. The van der Waals surface area contributed by atoms with E-state index in [2.05, 4.69) is 11.8 Å². The molecule has 2 heteroatoms. The molecule has 1 aromatic carbocycles. The molecule has 0 heterocycles. The number of carbonyl (C=O) groups excluding carboxylic acids is 1. The lowest BCUT2D eigenvalue weighted by atomic mass is 10.1. The van der Waals surface area contributed by atoms with Crippen LogP contribution in [-0.4, -0.2) is 30.3 Å². The summed E-state index contributed by atoms with van der Waals surface area (Å²) in [5, 5.41) is 0. The molecule has 0 atom stereocenters. The number of Topliss-reactive ketones (excluding diaryl/α,β-unsaturated/α-hetero) is 1. The quantitative estimate of drug-likeness (QED) is 0.629. The summed E-state index contributed by atoms with van der Waals surface area (Å²) in [6.45, 7) is 5.72.